The largest absolute Gasteiger partial charge is 0.200 e. The predicted octanol–water partition coefficient (Wildman–Crippen LogP) is 3.74. The zero-order valence-electron chi connectivity index (χ0n) is 10.7. The summed E-state index contributed by atoms with van der Waals surface area (Å²) in [6, 6.07) is 5.21. The van der Waals surface area contributed by atoms with Crippen LogP contribution in [0.1, 0.15) is 62.7 Å². The number of aryl methyl sites for hydroxylation is 1. The average molecular weight is 218 g/mol. The molecule has 1 aliphatic carbocycles. The summed E-state index contributed by atoms with van der Waals surface area (Å²) in [4.78, 5) is 0. The van der Waals surface area contributed by atoms with Crippen molar-refractivity contribution in [2.75, 3.05) is 0 Å². The zero-order chi connectivity index (χ0) is 11.4. The number of nitrogens with zero attached hydrogens (tertiary/aromatic N) is 1. The molecule has 1 heteroatoms. The fraction of sp³-hybridized carbons (Fsp3) is 0.667. The van der Waals surface area contributed by atoms with Crippen molar-refractivity contribution in [2.24, 2.45) is 0 Å². The first-order valence-corrected chi connectivity index (χ1v) is 6.82. The average Bonchev–Trinajstić information content (AvgIpc) is 2.57. The summed E-state index contributed by atoms with van der Waals surface area (Å²) < 4.78 is 2.56. The van der Waals surface area contributed by atoms with Crippen molar-refractivity contribution in [2.45, 2.75) is 64.8 Å². The Kier molecular flexibility index (Phi) is 3.98. The lowest BCUT2D eigenvalue weighted by atomic mass is 10.1. The molecule has 1 fully saturated rings. The Morgan fingerprint density at radius 1 is 1.19 bits per heavy atom. The molecule has 0 aliphatic heterocycles. The van der Waals surface area contributed by atoms with Crippen LogP contribution in [0, 0.1) is 6.92 Å². The first-order chi connectivity index (χ1) is 7.83. The molecule has 0 bridgehead atoms. The molecule has 0 spiro atoms. The van der Waals surface area contributed by atoms with Crippen molar-refractivity contribution in [3.63, 3.8) is 0 Å². The van der Waals surface area contributed by atoms with Gasteiger partial charge in [0.2, 0.25) is 0 Å². The molecule has 0 amide bonds. The van der Waals surface area contributed by atoms with Gasteiger partial charge in [0.15, 0.2) is 17.9 Å². The highest BCUT2D eigenvalue weighted by Crippen LogP contribution is 2.23. The van der Waals surface area contributed by atoms with Crippen LogP contribution < -0.4 is 4.57 Å². The maximum atomic E-state index is 2.56. The lowest BCUT2D eigenvalue weighted by Gasteiger charge is -2.13. The summed E-state index contributed by atoms with van der Waals surface area (Å²) in [5.74, 6) is 0. The first-order valence-electron chi connectivity index (χ1n) is 6.82. The van der Waals surface area contributed by atoms with Crippen LogP contribution in [0.2, 0.25) is 0 Å². The van der Waals surface area contributed by atoms with E-state index >= 15 is 0 Å². The summed E-state index contributed by atoms with van der Waals surface area (Å²) in [5, 5.41) is 0. The molecule has 1 nitrogen and oxygen atoms in total. The summed E-state index contributed by atoms with van der Waals surface area (Å²) in [5.41, 5.74) is 2.99. The predicted molar refractivity (Wildman–Crippen MR) is 67.5 cm³/mol. The highest BCUT2D eigenvalue weighted by atomic mass is 15.0. The van der Waals surface area contributed by atoms with Crippen LogP contribution in [0.25, 0.3) is 0 Å². The minimum absolute atomic E-state index is 0.761. The van der Waals surface area contributed by atoms with Crippen molar-refractivity contribution < 1.29 is 4.57 Å². The smallest absolute Gasteiger partial charge is 0.184 e. The fourth-order valence-corrected chi connectivity index (χ4v) is 3.01. The third-order valence-electron chi connectivity index (χ3n) is 3.91. The highest BCUT2D eigenvalue weighted by molar-refractivity contribution is 5.13. The van der Waals surface area contributed by atoms with Gasteiger partial charge in [0.1, 0.15) is 0 Å². The Morgan fingerprint density at radius 2 is 1.88 bits per heavy atom. The van der Waals surface area contributed by atoms with E-state index in [9.17, 15) is 0 Å². The second kappa shape index (κ2) is 5.47. The summed E-state index contributed by atoms with van der Waals surface area (Å²) >= 11 is 0. The van der Waals surface area contributed by atoms with Crippen LogP contribution in [0.5, 0.6) is 0 Å². The standard InChI is InChI=1S/C15H24N/c1-3-15-13(2)9-8-12-16(15)14-10-6-4-5-7-11-14/h8-9,12,14H,3-7,10-11H2,1-2H3/q+1. The van der Waals surface area contributed by atoms with Gasteiger partial charge in [-0.2, -0.15) is 4.57 Å². The molecule has 16 heavy (non-hydrogen) atoms. The Balaban J connectivity index is 2.27. The van der Waals surface area contributed by atoms with Crippen molar-refractivity contribution in [1.29, 1.82) is 0 Å². The molecular formula is C15H24N+. The van der Waals surface area contributed by atoms with Crippen LogP contribution in [-0.2, 0) is 6.42 Å². The number of aromatic nitrogens is 1. The quantitative estimate of drug-likeness (QED) is 0.526. The fourth-order valence-electron chi connectivity index (χ4n) is 3.01. The lowest BCUT2D eigenvalue weighted by Crippen LogP contribution is -2.43. The molecule has 0 radical (unpaired) electrons. The van der Waals surface area contributed by atoms with Gasteiger partial charge in [-0.05, 0) is 25.8 Å². The zero-order valence-corrected chi connectivity index (χ0v) is 10.7. The van der Waals surface area contributed by atoms with Gasteiger partial charge in [-0.3, -0.25) is 0 Å². The summed E-state index contributed by atoms with van der Waals surface area (Å²) in [7, 11) is 0. The minimum Gasteiger partial charge on any atom is -0.200 e. The van der Waals surface area contributed by atoms with E-state index in [0.29, 0.717) is 0 Å². The van der Waals surface area contributed by atoms with Crippen LogP contribution in [-0.4, -0.2) is 0 Å². The minimum atomic E-state index is 0.761. The van der Waals surface area contributed by atoms with E-state index in [1.807, 2.05) is 0 Å². The Bertz CT molecular complexity index is 335. The molecule has 1 aliphatic rings. The van der Waals surface area contributed by atoms with Crippen LogP contribution in [0.3, 0.4) is 0 Å². The van der Waals surface area contributed by atoms with Crippen molar-refractivity contribution in [3.05, 3.63) is 29.6 Å². The molecule has 1 heterocycles. The van der Waals surface area contributed by atoms with Gasteiger partial charge in [-0.25, -0.2) is 0 Å². The lowest BCUT2D eigenvalue weighted by molar-refractivity contribution is -0.731. The van der Waals surface area contributed by atoms with Gasteiger partial charge in [0.05, 0.1) is 0 Å². The van der Waals surface area contributed by atoms with Gasteiger partial charge < -0.3 is 0 Å². The Hall–Kier alpha value is -0.850. The van der Waals surface area contributed by atoms with Crippen molar-refractivity contribution >= 4 is 0 Å². The second-order valence-corrected chi connectivity index (χ2v) is 5.04. The number of hydrogen-bond acceptors (Lipinski definition) is 0. The Labute approximate surface area is 99.5 Å². The second-order valence-electron chi connectivity index (χ2n) is 5.04. The molecule has 1 aromatic heterocycles. The van der Waals surface area contributed by atoms with Crippen molar-refractivity contribution in [1.82, 2.24) is 0 Å². The van der Waals surface area contributed by atoms with E-state index in [1.54, 1.807) is 0 Å². The maximum absolute atomic E-state index is 2.56. The normalized spacial score (nSPS) is 18.4. The summed E-state index contributed by atoms with van der Waals surface area (Å²) in [6.07, 6.45) is 11.9. The van der Waals surface area contributed by atoms with Gasteiger partial charge in [0.25, 0.3) is 0 Å². The monoisotopic (exact) mass is 218 g/mol. The highest BCUT2D eigenvalue weighted by Gasteiger charge is 2.23. The molecule has 0 aromatic carbocycles. The molecule has 0 N–H and O–H groups in total. The van der Waals surface area contributed by atoms with E-state index in [4.69, 9.17) is 0 Å². The molecule has 0 unspecified atom stereocenters. The van der Waals surface area contributed by atoms with Gasteiger partial charge in [-0.15, -0.1) is 0 Å². The molecular weight excluding hydrogens is 194 g/mol. The maximum Gasteiger partial charge on any atom is 0.184 e. The number of pyridine rings is 1. The van der Waals surface area contributed by atoms with Gasteiger partial charge >= 0.3 is 0 Å². The van der Waals surface area contributed by atoms with Crippen LogP contribution >= 0.6 is 0 Å². The third kappa shape index (κ3) is 2.45. The van der Waals surface area contributed by atoms with E-state index in [1.165, 1.54) is 49.8 Å². The molecule has 0 saturated heterocycles. The Morgan fingerprint density at radius 3 is 2.50 bits per heavy atom. The molecule has 1 saturated carbocycles. The van der Waals surface area contributed by atoms with Crippen LogP contribution in [0.4, 0.5) is 0 Å². The molecule has 2 rings (SSSR count). The number of rotatable bonds is 2. The third-order valence-corrected chi connectivity index (χ3v) is 3.91. The molecule has 0 atom stereocenters. The topological polar surface area (TPSA) is 3.88 Å². The molecule has 88 valence electrons. The first kappa shape index (κ1) is 11.6. The van der Waals surface area contributed by atoms with Crippen molar-refractivity contribution in [3.8, 4) is 0 Å². The van der Waals surface area contributed by atoms with E-state index in [0.717, 1.165) is 12.5 Å². The molecule has 1 aromatic rings. The van der Waals surface area contributed by atoms with Gasteiger partial charge in [-0.1, -0.05) is 19.8 Å². The van der Waals surface area contributed by atoms with E-state index in [-0.39, 0.29) is 0 Å². The number of hydrogen-bond donors (Lipinski definition) is 0. The van der Waals surface area contributed by atoms with Gasteiger partial charge in [0, 0.05) is 30.9 Å². The van der Waals surface area contributed by atoms with E-state index in [2.05, 4.69) is 36.7 Å². The van der Waals surface area contributed by atoms with E-state index < -0.39 is 0 Å². The SMILES string of the molecule is CCc1c(C)ccc[n+]1C1CCCCCC1. The van der Waals surface area contributed by atoms with Crippen LogP contribution in [0.15, 0.2) is 18.3 Å². The summed E-state index contributed by atoms with van der Waals surface area (Å²) in [6.45, 7) is 4.52.